The van der Waals surface area contributed by atoms with Crippen molar-refractivity contribution in [3.8, 4) is 12.3 Å². The molecular formula is C7H13OPS2. The minimum Gasteiger partial charge on any atom is -0.369 e. The highest BCUT2D eigenvalue weighted by Gasteiger charge is 2.02. The Morgan fingerprint density at radius 3 is 2.82 bits per heavy atom. The molecule has 0 saturated heterocycles. The van der Waals surface area contributed by atoms with Crippen molar-refractivity contribution in [1.82, 2.24) is 0 Å². The molecule has 0 amide bonds. The second kappa shape index (κ2) is 7.31. The predicted octanol–water partition coefficient (Wildman–Crippen LogP) is 2.63. The molecule has 0 fully saturated rings. The van der Waals surface area contributed by atoms with Crippen molar-refractivity contribution in [2.45, 2.75) is 12.5 Å². The Bertz CT molecular complexity index is 133. The lowest BCUT2D eigenvalue weighted by atomic mass is 10.3. The minimum atomic E-state index is -0.154. The molecule has 0 saturated carbocycles. The molecule has 0 N–H and O–H groups in total. The largest absolute Gasteiger partial charge is 0.369 e. The molecule has 64 valence electrons. The fourth-order valence-electron chi connectivity index (χ4n) is 0.561. The molecule has 4 heteroatoms. The fraction of sp³-hybridized carbons (Fsp3) is 0.714. The van der Waals surface area contributed by atoms with Crippen molar-refractivity contribution >= 4 is 30.0 Å². The Hall–Kier alpha value is 0.650. The molecule has 0 spiro atoms. The van der Waals surface area contributed by atoms with Crippen LogP contribution in [0.5, 0.6) is 0 Å². The van der Waals surface area contributed by atoms with Gasteiger partial charge in [0.15, 0.2) is 0 Å². The molecule has 11 heavy (non-hydrogen) atoms. The van der Waals surface area contributed by atoms with Crippen molar-refractivity contribution in [3.05, 3.63) is 0 Å². The number of thiol groups is 1. The highest BCUT2D eigenvalue weighted by Crippen LogP contribution is 2.50. The van der Waals surface area contributed by atoms with Gasteiger partial charge in [-0.1, -0.05) is 5.92 Å². The molecule has 0 aliphatic heterocycles. The molecule has 2 unspecified atom stereocenters. The van der Waals surface area contributed by atoms with Gasteiger partial charge in [0.2, 0.25) is 0 Å². The maximum atomic E-state index is 5.20. The zero-order valence-corrected chi connectivity index (χ0v) is 9.39. The molecule has 0 aromatic carbocycles. The van der Waals surface area contributed by atoms with Gasteiger partial charge in [0.1, 0.15) is 6.10 Å². The Morgan fingerprint density at radius 1 is 1.82 bits per heavy atom. The van der Waals surface area contributed by atoms with Crippen LogP contribution in [0.2, 0.25) is 0 Å². The predicted molar refractivity (Wildman–Crippen MR) is 58.5 cm³/mol. The third-order valence-electron chi connectivity index (χ3n) is 1.13. The van der Waals surface area contributed by atoms with E-state index in [9.17, 15) is 0 Å². The molecule has 0 aromatic heterocycles. The Morgan fingerprint density at radius 2 is 2.45 bits per heavy atom. The number of terminal acetylenes is 1. The summed E-state index contributed by atoms with van der Waals surface area (Å²) in [6.07, 6.45) is 5.95. The summed E-state index contributed by atoms with van der Waals surface area (Å²) in [5.74, 6) is 3.61. The van der Waals surface area contributed by atoms with Crippen molar-refractivity contribution in [2.24, 2.45) is 0 Å². The van der Waals surface area contributed by atoms with Gasteiger partial charge in [0.25, 0.3) is 0 Å². The van der Waals surface area contributed by atoms with E-state index in [2.05, 4.69) is 24.8 Å². The summed E-state index contributed by atoms with van der Waals surface area (Å²) in [6.45, 7) is 2.11. The van der Waals surface area contributed by atoms with Crippen molar-refractivity contribution < 1.29 is 4.74 Å². The number of hydrogen-bond donors (Lipinski definition) is 1. The Labute approximate surface area is 79.3 Å². The molecule has 0 heterocycles. The van der Waals surface area contributed by atoms with E-state index in [4.69, 9.17) is 11.2 Å². The summed E-state index contributed by atoms with van der Waals surface area (Å²) in [6, 6.07) is 0. The number of methoxy groups -OCH3 is 1. The number of hydrogen-bond acceptors (Lipinski definition) is 3. The first-order valence-electron chi connectivity index (χ1n) is 3.25. The fourth-order valence-corrected chi connectivity index (χ4v) is 2.99. The van der Waals surface area contributed by atoms with E-state index >= 15 is 0 Å². The summed E-state index contributed by atoms with van der Waals surface area (Å²) >= 11 is 6.14. The molecule has 0 aliphatic carbocycles. The van der Waals surface area contributed by atoms with E-state index in [0.717, 1.165) is 12.2 Å². The first-order chi connectivity index (χ1) is 5.20. The van der Waals surface area contributed by atoms with Crippen LogP contribution in [0, 0.1) is 12.3 Å². The maximum Gasteiger partial charge on any atom is 0.118 e. The lowest BCUT2D eigenvalue weighted by Gasteiger charge is -2.08. The maximum absolute atomic E-state index is 5.20. The van der Waals surface area contributed by atoms with Gasteiger partial charge in [-0.15, -0.1) is 30.1 Å². The van der Waals surface area contributed by atoms with Crippen molar-refractivity contribution in [3.63, 3.8) is 0 Å². The molecule has 0 aromatic rings. The van der Waals surface area contributed by atoms with E-state index < -0.39 is 0 Å². The zero-order valence-electron chi connectivity index (χ0n) is 6.78. The summed E-state index contributed by atoms with van der Waals surface area (Å²) in [7, 11) is 1.64. The van der Waals surface area contributed by atoms with Crippen LogP contribution in [0.3, 0.4) is 0 Å². The van der Waals surface area contributed by atoms with Gasteiger partial charge in [-0.3, -0.25) is 0 Å². The third kappa shape index (κ3) is 7.03. The van der Waals surface area contributed by atoms with Crippen LogP contribution in [0.4, 0.5) is 0 Å². The van der Waals surface area contributed by atoms with Crippen LogP contribution in [-0.4, -0.2) is 25.6 Å². The molecular weight excluding hydrogens is 195 g/mol. The minimum absolute atomic E-state index is 0.0224. The molecule has 0 rings (SSSR count). The first-order valence-corrected chi connectivity index (χ1v) is 7.78. The van der Waals surface area contributed by atoms with Gasteiger partial charge in [-0.2, -0.15) is 0 Å². The highest BCUT2D eigenvalue weighted by molar-refractivity contribution is 8.83. The van der Waals surface area contributed by atoms with E-state index in [0.29, 0.717) is 0 Å². The monoisotopic (exact) mass is 208 g/mol. The molecule has 2 atom stereocenters. The van der Waals surface area contributed by atoms with Gasteiger partial charge in [0, 0.05) is 19.2 Å². The van der Waals surface area contributed by atoms with Crippen LogP contribution >= 0.6 is 30.0 Å². The lowest BCUT2D eigenvalue weighted by molar-refractivity contribution is 0.146. The topological polar surface area (TPSA) is 9.23 Å². The summed E-state index contributed by atoms with van der Waals surface area (Å²) in [4.78, 5) is 0. The normalized spacial score (nSPS) is 15.5. The molecule has 0 radical (unpaired) electrons. The smallest absolute Gasteiger partial charge is 0.118 e. The average molecular weight is 208 g/mol. The quantitative estimate of drug-likeness (QED) is 0.422. The summed E-state index contributed by atoms with van der Waals surface area (Å²) in [5.41, 5.74) is 0. The van der Waals surface area contributed by atoms with Gasteiger partial charge in [-0.05, 0) is 13.1 Å². The number of ether oxygens (including phenoxy) is 1. The third-order valence-corrected chi connectivity index (χ3v) is 4.63. The SMILES string of the molecule is C#CC(CCSP(C)S)OC. The highest BCUT2D eigenvalue weighted by atomic mass is 33.1. The van der Waals surface area contributed by atoms with Crippen LogP contribution in [0.25, 0.3) is 0 Å². The van der Waals surface area contributed by atoms with E-state index in [1.807, 2.05) is 11.4 Å². The molecule has 1 nitrogen and oxygen atoms in total. The number of rotatable bonds is 5. The first kappa shape index (κ1) is 11.6. The van der Waals surface area contributed by atoms with Gasteiger partial charge < -0.3 is 4.74 Å². The zero-order chi connectivity index (χ0) is 8.69. The van der Waals surface area contributed by atoms with Crippen molar-refractivity contribution in [1.29, 1.82) is 0 Å². The van der Waals surface area contributed by atoms with Gasteiger partial charge in [-0.25, -0.2) is 0 Å². The second-order valence-electron chi connectivity index (χ2n) is 1.98. The van der Waals surface area contributed by atoms with Crippen LogP contribution in [0.15, 0.2) is 0 Å². The summed E-state index contributed by atoms with van der Waals surface area (Å²) in [5, 5.41) is 0. The second-order valence-corrected chi connectivity index (χ2v) is 8.60. The van der Waals surface area contributed by atoms with E-state index in [1.54, 1.807) is 7.11 Å². The Kier molecular flexibility index (Phi) is 7.74. The summed E-state index contributed by atoms with van der Waals surface area (Å²) < 4.78 is 5.01. The van der Waals surface area contributed by atoms with E-state index in [-0.39, 0.29) is 12.4 Å². The average Bonchev–Trinajstić information content (AvgIpc) is 1.98. The standard InChI is InChI=1S/C7H13OPS2/c1-4-7(8-2)5-6-11-9(3)10/h1,7,10H,5-6H2,2-3H3. The van der Waals surface area contributed by atoms with Crippen LogP contribution < -0.4 is 0 Å². The van der Waals surface area contributed by atoms with Crippen molar-refractivity contribution in [2.75, 3.05) is 19.5 Å². The van der Waals surface area contributed by atoms with Crippen LogP contribution in [-0.2, 0) is 4.74 Å². The molecule has 0 aliphatic rings. The van der Waals surface area contributed by atoms with Gasteiger partial charge >= 0.3 is 0 Å². The Balaban J connectivity index is 3.30. The van der Waals surface area contributed by atoms with E-state index in [1.165, 1.54) is 0 Å². The molecule has 0 bridgehead atoms. The van der Waals surface area contributed by atoms with Crippen LogP contribution in [0.1, 0.15) is 6.42 Å². The lowest BCUT2D eigenvalue weighted by Crippen LogP contribution is -2.07. The van der Waals surface area contributed by atoms with Gasteiger partial charge in [0.05, 0.1) is 0 Å².